The lowest BCUT2D eigenvalue weighted by Gasteiger charge is -2.18. The van der Waals surface area contributed by atoms with Crippen LogP contribution in [0.3, 0.4) is 0 Å². The average Bonchev–Trinajstić information content (AvgIpc) is 2.71. The Morgan fingerprint density at radius 3 is 1.26 bits per heavy atom. The number of aryl methyl sites for hydroxylation is 1. The first kappa shape index (κ1) is 27.1. The van der Waals surface area contributed by atoms with Crippen molar-refractivity contribution < 1.29 is 0 Å². The van der Waals surface area contributed by atoms with Gasteiger partial charge in [-0.05, 0) is 40.5 Å². The minimum absolute atomic E-state index is 0.351. The maximum absolute atomic E-state index is 3.36. The third-order valence-corrected chi connectivity index (χ3v) is 3.55. The van der Waals surface area contributed by atoms with Gasteiger partial charge in [0.1, 0.15) is 0 Å². The second-order valence-electron chi connectivity index (χ2n) is 6.96. The molecule has 0 fully saturated rings. The molecule has 0 spiro atoms. The van der Waals surface area contributed by atoms with Gasteiger partial charge in [-0.15, -0.1) is 0 Å². The zero-order valence-corrected chi connectivity index (χ0v) is 19.1. The van der Waals surface area contributed by atoms with Crippen molar-refractivity contribution in [2.24, 2.45) is 5.41 Å². The lowest BCUT2D eigenvalue weighted by Crippen LogP contribution is -2.08. The van der Waals surface area contributed by atoms with Crippen molar-refractivity contribution in [2.75, 3.05) is 0 Å². The molecule has 0 aliphatic rings. The predicted octanol–water partition coefficient (Wildman–Crippen LogP) is 8.92. The van der Waals surface area contributed by atoms with E-state index in [1.54, 1.807) is 12.2 Å². The van der Waals surface area contributed by atoms with Crippen LogP contribution in [0.1, 0.15) is 66.5 Å². The van der Waals surface area contributed by atoms with Gasteiger partial charge in [-0.3, -0.25) is 0 Å². The Hall–Kier alpha value is -2.08. The molecule has 0 bridgehead atoms. The van der Waals surface area contributed by atoms with Gasteiger partial charge >= 0.3 is 0 Å². The second-order valence-corrected chi connectivity index (χ2v) is 6.96. The van der Waals surface area contributed by atoms with E-state index >= 15 is 0 Å². The summed E-state index contributed by atoms with van der Waals surface area (Å²) < 4.78 is 0. The zero-order chi connectivity index (χ0) is 21.3. The fourth-order valence-corrected chi connectivity index (χ4v) is 2.36. The molecule has 0 heteroatoms. The van der Waals surface area contributed by atoms with E-state index in [-0.39, 0.29) is 0 Å². The van der Waals surface area contributed by atoms with Gasteiger partial charge in [0.2, 0.25) is 0 Å². The average molecular weight is 367 g/mol. The van der Waals surface area contributed by atoms with Crippen LogP contribution in [0.25, 0.3) is 11.1 Å². The van der Waals surface area contributed by atoms with E-state index in [1.165, 1.54) is 22.3 Å². The molecule has 0 N–H and O–H groups in total. The molecule has 0 saturated heterocycles. The molecule has 0 unspecified atom stereocenters. The van der Waals surface area contributed by atoms with Crippen molar-refractivity contribution in [2.45, 2.75) is 68.2 Å². The largest absolute Gasteiger partial charge is 0.0991 e. The van der Waals surface area contributed by atoms with E-state index in [1.807, 2.05) is 27.7 Å². The SMILES string of the molecule is C=CC=C.CC.CC.CCc1ccc(-c2ccc(CC(C)(C)C)cc2)cc1. The van der Waals surface area contributed by atoms with Crippen molar-refractivity contribution in [3.63, 3.8) is 0 Å². The second kappa shape index (κ2) is 16.1. The fourth-order valence-electron chi connectivity index (χ4n) is 2.36. The molecule has 0 nitrogen and oxygen atoms in total. The number of allylic oxidation sites excluding steroid dienone is 2. The van der Waals surface area contributed by atoms with Crippen LogP contribution in [-0.2, 0) is 12.8 Å². The highest BCUT2D eigenvalue weighted by Crippen LogP contribution is 2.24. The Labute approximate surface area is 170 Å². The molecule has 150 valence electrons. The molecule has 0 aromatic heterocycles. The van der Waals surface area contributed by atoms with Crippen molar-refractivity contribution in [3.8, 4) is 11.1 Å². The summed E-state index contributed by atoms with van der Waals surface area (Å²) >= 11 is 0. The lowest BCUT2D eigenvalue weighted by molar-refractivity contribution is 0.411. The van der Waals surface area contributed by atoms with Crippen molar-refractivity contribution in [3.05, 3.63) is 85.0 Å². The first-order valence-corrected chi connectivity index (χ1v) is 10.3. The molecule has 0 atom stereocenters. The van der Waals surface area contributed by atoms with Crippen LogP contribution >= 0.6 is 0 Å². The first-order valence-electron chi connectivity index (χ1n) is 10.3. The number of benzene rings is 2. The van der Waals surface area contributed by atoms with Gasteiger partial charge in [0.15, 0.2) is 0 Å². The fraction of sp³-hybridized carbons (Fsp3) is 0.407. The smallest absolute Gasteiger partial charge is 0.0184 e. The van der Waals surface area contributed by atoms with Gasteiger partial charge in [-0.1, -0.05) is 129 Å². The van der Waals surface area contributed by atoms with Crippen molar-refractivity contribution >= 4 is 0 Å². The maximum atomic E-state index is 3.36. The van der Waals surface area contributed by atoms with Gasteiger partial charge in [-0.2, -0.15) is 0 Å². The summed E-state index contributed by atoms with van der Waals surface area (Å²) in [5, 5.41) is 0. The van der Waals surface area contributed by atoms with E-state index in [0.717, 1.165) is 12.8 Å². The van der Waals surface area contributed by atoms with Crippen LogP contribution in [0.5, 0.6) is 0 Å². The minimum atomic E-state index is 0.351. The van der Waals surface area contributed by atoms with Gasteiger partial charge < -0.3 is 0 Å². The van der Waals surface area contributed by atoms with Gasteiger partial charge in [-0.25, -0.2) is 0 Å². The minimum Gasteiger partial charge on any atom is -0.0991 e. The third kappa shape index (κ3) is 12.8. The van der Waals surface area contributed by atoms with Gasteiger partial charge in [0.25, 0.3) is 0 Å². The van der Waals surface area contributed by atoms with Crippen molar-refractivity contribution in [1.29, 1.82) is 0 Å². The quantitative estimate of drug-likeness (QED) is 0.474. The summed E-state index contributed by atoms with van der Waals surface area (Å²) in [6.07, 6.45) is 5.51. The van der Waals surface area contributed by atoms with E-state index in [2.05, 4.69) is 89.4 Å². The van der Waals surface area contributed by atoms with Crippen LogP contribution in [0.4, 0.5) is 0 Å². The first-order chi connectivity index (χ1) is 12.9. The third-order valence-electron chi connectivity index (χ3n) is 3.55. The standard InChI is InChI=1S/C19H24.C4H6.2C2H6/c1-5-15-6-10-17(11-7-15)18-12-8-16(9-13-18)14-19(2,3)4;1-3-4-2;2*1-2/h6-13H,5,14H2,1-4H3;3-4H,1-2H2;2*1-2H3. The molecule has 0 saturated carbocycles. The number of rotatable bonds is 4. The highest BCUT2D eigenvalue weighted by atomic mass is 14.2. The zero-order valence-electron chi connectivity index (χ0n) is 19.1. The molecule has 2 rings (SSSR count). The molecule has 0 amide bonds. The molecular formula is C27H42. The van der Waals surface area contributed by atoms with Crippen LogP contribution in [0, 0.1) is 5.41 Å². The monoisotopic (exact) mass is 366 g/mol. The Bertz CT molecular complexity index is 586. The highest BCUT2D eigenvalue weighted by Gasteiger charge is 2.10. The number of hydrogen-bond acceptors (Lipinski definition) is 0. The molecule has 27 heavy (non-hydrogen) atoms. The predicted molar refractivity (Wildman–Crippen MR) is 128 cm³/mol. The summed E-state index contributed by atoms with van der Waals surface area (Å²) in [6, 6.07) is 17.9. The molecule has 0 aliphatic heterocycles. The van der Waals surface area contributed by atoms with Crippen LogP contribution in [-0.4, -0.2) is 0 Å². The molecule has 0 radical (unpaired) electrons. The summed E-state index contributed by atoms with van der Waals surface area (Å²) in [4.78, 5) is 0. The van der Waals surface area contributed by atoms with Gasteiger partial charge in [0.05, 0.1) is 0 Å². The normalized spacial score (nSPS) is 9.33. The Kier molecular flexibility index (Phi) is 16.2. The molecule has 2 aromatic carbocycles. The topological polar surface area (TPSA) is 0 Å². The molecular weight excluding hydrogens is 324 g/mol. The van der Waals surface area contributed by atoms with Crippen LogP contribution < -0.4 is 0 Å². The summed E-state index contributed by atoms with van der Waals surface area (Å²) in [7, 11) is 0. The van der Waals surface area contributed by atoms with Crippen LogP contribution in [0.15, 0.2) is 73.8 Å². The Morgan fingerprint density at radius 1 is 0.667 bits per heavy atom. The Balaban J connectivity index is 0. The maximum Gasteiger partial charge on any atom is -0.0184 e. The summed E-state index contributed by atoms with van der Waals surface area (Å²) in [5.74, 6) is 0. The molecule has 0 heterocycles. The van der Waals surface area contributed by atoms with Gasteiger partial charge in [0, 0.05) is 0 Å². The lowest BCUT2D eigenvalue weighted by atomic mass is 9.87. The molecule has 2 aromatic rings. The van der Waals surface area contributed by atoms with E-state index < -0.39 is 0 Å². The molecule has 0 aliphatic carbocycles. The summed E-state index contributed by atoms with van der Waals surface area (Å²) in [5.41, 5.74) is 5.78. The van der Waals surface area contributed by atoms with E-state index in [9.17, 15) is 0 Å². The number of hydrogen-bond donors (Lipinski definition) is 0. The summed E-state index contributed by atoms with van der Waals surface area (Å²) in [6.45, 7) is 23.8. The Morgan fingerprint density at radius 2 is 1.00 bits per heavy atom. The van der Waals surface area contributed by atoms with E-state index in [4.69, 9.17) is 0 Å². The van der Waals surface area contributed by atoms with E-state index in [0.29, 0.717) is 5.41 Å². The highest BCUT2D eigenvalue weighted by molar-refractivity contribution is 5.64. The van der Waals surface area contributed by atoms with Crippen LogP contribution in [0.2, 0.25) is 0 Å². The van der Waals surface area contributed by atoms with Crippen molar-refractivity contribution in [1.82, 2.24) is 0 Å².